The minimum Gasteiger partial charge on any atom is -0.325 e. The van der Waals surface area contributed by atoms with Crippen LogP contribution in [0.25, 0.3) is 0 Å². The second kappa shape index (κ2) is 10.9. The van der Waals surface area contributed by atoms with E-state index in [4.69, 9.17) is 0 Å². The molecule has 0 bridgehead atoms. The van der Waals surface area contributed by atoms with Crippen LogP contribution in [0.2, 0.25) is 0 Å². The topological polar surface area (TPSA) is 104 Å². The number of amides is 1. The van der Waals surface area contributed by atoms with Crippen molar-refractivity contribution in [2.24, 2.45) is 0 Å². The molecule has 0 aliphatic rings. The molecule has 1 amide bonds. The van der Waals surface area contributed by atoms with Gasteiger partial charge in [0.25, 0.3) is 0 Å². The van der Waals surface area contributed by atoms with E-state index in [-0.39, 0.29) is 16.3 Å². The average molecular weight is 530 g/mol. The number of hydrogen-bond acceptors (Lipinski definition) is 5. The van der Waals surface area contributed by atoms with Crippen LogP contribution >= 0.6 is 0 Å². The predicted molar refractivity (Wildman–Crippen MR) is 141 cm³/mol. The molecular weight excluding hydrogens is 498 g/mol. The summed E-state index contributed by atoms with van der Waals surface area (Å²) in [7, 11) is -4.86. The molecule has 0 radical (unpaired) electrons. The van der Waals surface area contributed by atoms with Crippen LogP contribution in [0.3, 0.4) is 0 Å². The van der Waals surface area contributed by atoms with E-state index in [1.807, 2.05) is 38.1 Å². The SMILES string of the molecule is Cc1ccc(S(=O)(=O)N(CC(=O)Nc2cc(S(=O)(=O)N(C)C)ccc2C)Cc2cccc(C)c2)cc1. The van der Waals surface area contributed by atoms with Crippen molar-refractivity contribution in [2.75, 3.05) is 26.0 Å². The molecule has 0 saturated carbocycles. The minimum absolute atomic E-state index is 0.000654. The zero-order valence-corrected chi connectivity index (χ0v) is 22.7. The first-order chi connectivity index (χ1) is 16.8. The number of anilines is 1. The maximum atomic E-state index is 13.5. The summed E-state index contributed by atoms with van der Waals surface area (Å²) in [6.07, 6.45) is 0. The van der Waals surface area contributed by atoms with Gasteiger partial charge in [0.05, 0.1) is 16.3 Å². The lowest BCUT2D eigenvalue weighted by molar-refractivity contribution is -0.116. The van der Waals surface area contributed by atoms with Gasteiger partial charge in [-0.1, -0.05) is 53.6 Å². The van der Waals surface area contributed by atoms with Gasteiger partial charge in [-0.3, -0.25) is 4.79 Å². The third-order valence-corrected chi connectivity index (χ3v) is 9.30. The number of nitrogens with zero attached hydrogens (tertiary/aromatic N) is 2. The second-order valence-corrected chi connectivity index (χ2v) is 13.0. The van der Waals surface area contributed by atoms with E-state index < -0.39 is 32.5 Å². The highest BCUT2D eigenvalue weighted by atomic mass is 32.2. The fourth-order valence-corrected chi connectivity index (χ4v) is 5.87. The summed E-state index contributed by atoms with van der Waals surface area (Å²) in [6.45, 7) is 5.05. The fraction of sp³-hybridized carbons (Fsp3) is 0.269. The lowest BCUT2D eigenvalue weighted by Crippen LogP contribution is -2.37. The third kappa shape index (κ3) is 6.38. The van der Waals surface area contributed by atoms with Crippen LogP contribution in [0.4, 0.5) is 5.69 Å². The number of rotatable bonds is 9. The first kappa shape index (κ1) is 27.5. The minimum atomic E-state index is -4.00. The number of carbonyl (C=O) groups is 1. The summed E-state index contributed by atoms with van der Waals surface area (Å²) in [5.41, 5.74) is 3.58. The van der Waals surface area contributed by atoms with Gasteiger partial charge in [0.1, 0.15) is 0 Å². The van der Waals surface area contributed by atoms with Crippen LogP contribution in [0.5, 0.6) is 0 Å². The molecule has 3 rings (SSSR count). The van der Waals surface area contributed by atoms with Crippen LogP contribution in [-0.2, 0) is 31.4 Å². The second-order valence-electron chi connectivity index (χ2n) is 8.89. The summed E-state index contributed by atoms with van der Waals surface area (Å²) in [5.74, 6) is -0.583. The van der Waals surface area contributed by atoms with Gasteiger partial charge < -0.3 is 5.32 Å². The summed E-state index contributed by atoms with van der Waals surface area (Å²) < 4.78 is 54.3. The number of hydrogen-bond donors (Lipinski definition) is 1. The first-order valence-electron chi connectivity index (χ1n) is 11.3. The van der Waals surface area contributed by atoms with E-state index in [0.717, 1.165) is 25.3 Å². The van der Waals surface area contributed by atoms with Crippen LogP contribution in [-0.4, -0.2) is 52.0 Å². The first-order valence-corrected chi connectivity index (χ1v) is 14.1. The van der Waals surface area contributed by atoms with Crippen molar-refractivity contribution in [3.63, 3.8) is 0 Å². The molecule has 0 unspecified atom stereocenters. The van der Waals surface area contributed by atoms with Crippen LogP contribution in [0, 0.1) is 20.8 Å². The summed E-state index contributed by atoms with van der Waals surface area (Å²) in [4.78, 5) is 13.2. The van der Waals surface area contributed by atoms with Gasteiger partial charge in [0.15, 0.2) is 0 Å². The summed E-state index contributed by atoms with van der Waals surface area (Å²) >= 11 is 0. The molecule has 0 aliphatic carbocycles. The number of sulfonamides is 2. The molecule has 0 heterocycles. The number of carbonyl (C=O) groups excluding carboxylic acids is 1. The van der Waals surface area contributed by atoms with Gasteiger partial charge in [0, 0.05) is 26.3 Å². The van der Waals surface area contributed by atoms with Crippen LogP contribution in [0.15, 0.2) is 76.5 Å². The Bertz CT molecular complexity index is 1470. The van der Waals surface area contributed by atoms with Crippen molar-refractivity contribution in [1.29, 1.82) is 0 Å². The Kier molecular flexibility index (Phi) is 8.35. The number of aryl methyl sites for hydroxylation is 3. The van der Waals surface area contributed by atoms with Gasteiger partial charge >= 0.3 is 0 Å². The largest absolute Gasteiger partial charge is 0.325 e. The van der Waals surface area contributed by atoms with E-state index >= 15 is 0 Å². The highest BCUT2D eigenvalue weighted by Crippen LogP contribution is 2.23. The van der Waals surface area contributed by atoms with Gasteiger partial charge in [-0.05, 0) is 56.2 Å². The molecule has 36 heavy (non-hydrogen) atoms. The van der Waals surface area contributed by atoms with E-state index in [0.29, 0.717) is 11.3 Å². The van der Waals surface area contributed by atoms with Crippen molar-refractivity contribution in [3.05, 3.63) is 89.0 Å². The molecule has 10 heteroatoms. The quantitative estimate of drug-likeness (QED) is 0.455. The zero-order chi connectivity index (χ0) is 26.7. The smallest absolute Gasteiger partial charge is 0.243 e. The van der Waals surface area contributed by atoms with Gasteiger partial charge in [0.2, 0.25) is 26.0 Å². The Balaban J connectivity index is 1.92. The summed E-state index contributed by atoms with van der Waals surface area (Å²) in [5, 5.41) is 2.69. The predicted octanol–water partition coefficient (Wildman–Crippen LogP) is 3.69. The molecule has 1 N–H and O–H groups in total. The van der Waals surface area contributed by atoms with Crippen molar-refractivity contribution >= 4 is 31.6 Å². The average Bonchev–Trinajstić information content (AvgIpc) is 2.80. The van der Waals surface area contributed by atoms with E-state index in [1.165, 1.54) is 38.4 Å². The highest BCUT2D eigenvalue weighted by Gasteiger charge is 2.27. The highest BCUT2D eigenvalue weighted by molar-refractivity contribution is 7.89. The molecule has 0 spiro atoms. The lowest BCUT2D eigenvalue weighted by Gasteiger charge is -2.23. The molecule has 0 fully saturated rings. The molecule has 0 aromatic heterocycles. The zero-order valence-electron chi connectivity index (χ0n) is 21.0. The Labute approximate surface area is 213 Å². The number of benzene rings is 3. The standard InChI is InChI=1S/C26H31N3O5S2/c1-19-9-12-23(13-10-19)36(33,34)29(17-22-8-6-7-20(2)15-22)18-26(30)27-25-16-24(14-11-21(25)3)35(31,32)28(4)5/h6-16H,17-18H2,1-5H3,(H,27,30). The Morgan fingerprint density at radius 3 is 2.03 bits per heavy atom. The normalized spacial score (nSPS) is 12.2. The maximum Gasteiger partial charge on any atom is 0.243 e. The molecule has 192 valence electrons. The molecular formula is C26H31N3O5S2. The molecule has 0 saturated heterocycles. The van der Waals surface area contributed by atoms with Crippen LogP contribution in [0.1, 0.15) is 22.3 Å². The van der Waals surface area contributed by atoms with Gasteiger partial charge in [-0.2, -0.15) is 4.31 Å². The van der Waals surface area contributed by atoms with Crippen molar-refractivity contribution in [1.82, 2.24) is 8.61 Å². The number of nitrogens with one attached hydrogen (secondary N) is 1. The third-order valence-electron chi connectivity index (χ3n) is 5.68. The van der Waals surface area contributed by atoms with Crippen molar-refractivity contribution in [2.45, 2.75) is 37.1 Å². The Morgan fingerprint density at radius 2 is 1.42 bits per heavy atom. The van der Waals surface area contributed by atoms with Crippen LogP contribution < -0.4 is 5.32 Å². The fourth-order valence-electron chi connectivity index (χ4n) is 3.56. The van der Waals surface area contributed by atoms with E-state index in [9.17, 15) is 21.6 Å². The van der Waals surface area contributed by atoms with Crippen molar-refractivity contribution < 1.29 is 21.6 Å². The molecule has 3 aromatic rings. The monoisotopic (exact) mass is 529 g/mol. The molecule has 8 nitrogen and oxygen atoms in total. The molecule has 3 aromatic carbocycles. The Morgan fingerprint density at radius 1 is 0.778 bits per heavy atom. The molecule has 0 aliphatic heterocycles. The van der Waals surface area contributed by atoms with Gasteiger partial charge in [-0.25, -0.2) is 21.1 Å². The summed E-state index contributed by atoms with van der Waals surface area (Å²) in [6, 6.07) is 18.3. The van der Waals surface area contributed by atoms with Gasteiger partial charge in [-0.15, -0.1) is 0 Å². The maximum absolute atomic E-state index is 13.5. The Hall–Kier alpha value is -3.05. The van der Waals surface area contributed by atoms with E-state index in [2.05, 4.69) is 5.32 Å². The van der Waals surface area contributed by atoms with Crippen molar-refractivity contribution in [3.8, 4) is 0 Å². The van der Waals surface area contributed by atoms with E-state index in [1.54, 1.807) is 25.1 Å². The molecule has 0 atom stereocenters. The lowest BCUT2D eigenvalue weighted by atomic mass is 10.1.